The van der Waals surface area contributed by atoms with Crippen LogP contribution in [0.5, 0.6) is 11.5 Å². The molecule has 1 aliphatic rings. The molecule has 0 unspecified atom stereocenters. The van der Waals surface area contributed by atoms with Gasteiger partial charge in [-0.1, -0.05) is 19.1 Å². The van der Waals surface area contributed by atoms with Crippen molar-refractivity contribution in [2.24, 2.45) is 5.41 Å². The minimum Gasteiger partial charge on any atom is -0.490 e. The van der Waals surface area contributed by atoms with Gasteiger partial charge in [-0.15, -0.1) is 0 Å². The smallest absolute Gasteiger partial charge is 0.161 e. The van der Waals surface area contributed by atoms with Gasteiger partial charge in [-0.05, 0) is 50.3 Å². The Morgan fingerprint density at radius 3 is 2.37 bits per heavy atom. The number of benzene rings is 1. The van der Waals surface area contributed by atoms with Gasteiger partial charge in [0.2, 0.25) is 0 Å². The summed E-state index contributed by atoms with van der Waals surface area (Å²) >= 11 is 0. The lowest BCUT2D eigenvalue weighted by Gasteiger charge is -2.17. The van der Waals surface area contributed by atoms with Crippen LogP contribution in [0.2, 0.25) is 0 Å². The number of rotatable bonds is 9. The van der Waals surface area contributed by atoms with Crippen LogP contribution in [0, 0.1) is 5.41 Å². The zero-order chi connectivity index (χ0) is 13.6. The lowest BCUT2D eigenvalue weighted by molar-refractivity contribution is 0.246. The highest BCUT2D eigenvalue weighted by molar-refractivity contribution is 5.39. The van der Waals surface area contributed by atoms with Gasteiger partial charge in [0.15, 0.2) is 11.5 Å². The summed E-state index contributed by atoms with van der Waals surface area (Å²) in [5.74, 6) is 1.71. The van der Waals surface area contributed by atoms with Crippen molar-refractivity contribution < 1.29 is 9.47 Å². The Morgan fingerprint density at radius 1 is 1.11 bits per heavy atom. The Hall–Kier alpha value is -1.22. The molecule has 2 rings (SSSR count). The van der Waals surface area contributed by atoms with E-state index in [1.165, 1.54) is 12.8 Å². The molecular weight excluding hydrogens is 238 g/mol. The molecule has 106 valence electrons. The van der Waals surface area contributed by atoms with Gasteiger partial charge in [-0.2, -0.15) is 0 Å². The van der Waals surface area contributed by atoms with Crippen molar-refractivity contribution in [1.82, 2.24) is 5.32 Å². The van der Waals surface area contributed by atoms with E-state index in [0.29, 0.717) is 12.0 Å². The van der Waals surface area contributed by atoms with Crippen LogP contribution in [0.15, 0.2) is 24.3 Å². The molecule has 0 amide bonds. The van der Waals surface area contributed by atoms with Gasteiger partial charge >= 0.3 is 0 Å². The van der Waals surface area contributed by atoms with Gasteiger partial charge in [0.1, 0.15) is 0 Å². The molecule has 1 aromatic rings. The SMILES string of the molecule is CCNCC1(CCOc2ccccc2OCC)CC1. The predicted molar refractivity (Wildman–Crippen MR) is 77.9 cm³/mol. The van der Waals surface area contributed by atoms with Crippen molar-refractivity contribution in [1.29, 1.82) is 0 Å². The van der Waals surface area contributed by atoms with E-state index >= 15 is 0 Å². The van der Waals surface area contributed by atoms with Crippen LogP contribution in [-0.2, 0) is 0 Å². The summed E-state index contributed by atoms with van der Waals surface area (Å²) in [5.41, 5.74) is 0.497. The first-order valence-electron chi connectivity index (χ1n) is 7.35. The van der Waals surface area contributed by atoms with Crippen LogP contribution in [0.25, 0.3) is 0 Å². The van der Waals surface area contributed by atoms with Crippen LogP contribution < -0.4 is 14.8 Å². The standard InChI is InChI=1S/C16H25NO2/c1-3-17-13-16(9-10-16)11-12-19-15-8-6-5-7-14(15)18-4-2/h5-8,17H,3-4,9-13H2,1-2H3. The number of nitrogens with one attached hydrogen (secondary N) is 1. The summed E-state index contributed by atoms with van der Waals surface area (Å²) in [6, 6.07) is 7.91. The molecule has 1 saturated carbocycles. The Kier molecular flexibility index (Phi) is 5.08. The predicted octanol–water partition coefficient (Wildman–Crippen LogP) is 3.24. The lowest BCUT2D eigenvalue weighted by Crippen LogP contribution is -2.25. The summed E-state index contributed by atoms with van der Waals surface area (Å²) in [7, 11) is 0. The Bertz CT molecular complexity index is 388. The largest absolute Gasteiger partial charge is 0.490 e. The molecule has 0 aliphatic heterocycles. The topological polar surface area (TPSA) is 30.5 Å². The van der Waals surface area contributed by atoms with Gasteiger partial charge in [-0.25, -0.2) is 0 Å². The second-order valence-electron chi connectivity index (χ2n) is 5.26. The average Bonchev–Trinajstić information content (AvgIpc) is 3.19. The maximum absolute atomic E-state index is 5.89. The van der Waals surface area contributed by atoms with Crippen molar-refractivity contribution in [3.63, 3.8) is 0 Å². The van der Waals surface area contributed by atoms with E-state index in [4.69, 9.17) is 9.47 Å². The first-order chi connectivity index (χ1) is 9.29. The summed E-state index contributed by atoms with van der Waals surface area (Å²) in [4.78, 5) is 0. The molecule has 0 spiro atoms. The molecule has 1 N–H and O–H groups in total. The van der Waals surface area contributed by atoms with E-state index in [0.717, 1.165) is 37.6 Å². The highest BCUT2D eigenvalue weighted by Crippen LogP contribution is 2.48. The highest BCUT2D eigenvalue weighted by Gasteiger charge is 2.41. The molecule has 3 heteroatoms. The Morgan fingerprint density at radius 2 is 1.79 bits per heavy atom. The van der Waals surface area contributed by atoms with E-state index < -0.39 is 0 Å². The molecule has 0 bridgehead atoms. The summed E-state index contributed by atoms with van der Waals surface area (Å²) in [6.45, 7) is 7.77. The molecule has 0 heterocycles. The van der Waals surface area contributed by atoms with Crippen molar-refractivity contribution >= 4 is 0 Å². The summed E-state index contributed by atoms with van der Waals surface area (Å²) < 4.78 is 11.5. The second kappa shape index (κ2) is 6.80. The van der Waals surface area contributed by atoms with E-state index in [9.17, 15) is 0 Å². The van der Waals surface area contributed by atoms with Gasteiger partial charge in [0.25, 0.3) is 0 Å². The Labute approximate surface area is 116 Å². The van der Waals surface area contributed by atoms with E-state index in [-0.39, 0.29) is 0 Å². The fourth-order valence-corrected chi connectivity index (χ4v) is 2.30. The molecule has 0 aromatic heterocycles. The fraction of sp³-hybridized carbons (Fsp3) is 0.625. The third-order valence-electron chi connectivity index (χ3n) is 3.75. The van der Waals surface area contributed by atoms with E-state index in [1.54, 1.807) is 0 Å². The third-order valence-corrected chi connectivity index (χ3v) is 3.75. The maximum atomic E-state index is 5.89. The molecule has 1 fully saturated rings. The number of para-hydroxylation sites is 2. The molecule has 0 atom stereocenters. The number of hydrogen-bond donors (Lipinski definition) is 1. The van der Waals surface area contributed by atoms with Crippen molar-refractivity contribution in [2.75, 3.05) is 26.3 Å². The maximum Gasteiger partial charge on any atom is 0.161 e. The minimum atomic E-state index is 0.497. The minimum absolute atomic E-state index is 0.497. The van der Waals surface area contributed by atoms with Crippen molar-refractivity contribution in [3.8, 4) is 11.5 Å². The van der Waals surface area contributed by atoms with Crippen molar-refractivity contribution in [3.05, 3.63) is 24.3 Å². The van der Waals surface area contributed by atoms with Crippen LogP contribution in [0.4, 0.5) is 0 Å². The molecule has 0 saturated heterocycles. The zero-order valence-electron chi connectivity index (χ0n) is 12.1. The van der Waals surface area contributed by atoms with Crippen LogP contribution in [-0.4, -0.2) is 26.3 Å². The van der Waals surface area contributed by atoms with Crippen LogP contribution in [0.3, 0.4) is 0 Å². The second-order valence-corrected chi connectivity index (χ2v) is 5.26. The molecule has 0 radical (unpaired) electrons. The molecule has 1 aromatic carbocycles. The third kappa shape index (κ3) is 4.13. The van der Waals surface area contributed by atoms with Crippen LogP contribution in [0.1, 0.15) is 33.1 Å². The number of ether oxygens (including phenoxy) is 2. The monoisotopic (exact) mass is 263 g/mol. The zero-order valence-corrected chi connectivity index (χ0v) is 12.1. The van der Waals surface area contributed by atoms with Crippen molar-refractivity contribution in [2.45, 2.75) is 33.1 Å². The Balaban J connectivity index is 1.79. The van der Waals surface area contributed by atoms with E-state index in [2.05, 4.69) is 12.2 Å². The first-order valence-corrected chi connectivity index (χ1v) is 7.35. The number of hydrogen-bond acceptors (Lipinski definition) is 3. The summed E-state index contributed by atoms with van der Waals surface area (Å²) in [6.07, 6.45) is 3.79. The molecular formula is C16H25NO2. The lowest BCUT2D eigenvalue weighted by atomic mass is 10.0. The fourth-order valence-electron chi connectivity index (χ4n) is 2.30. The normalized spacial score (nSPS) is 16.1. The van der Waals surface area contributed by atoms with Gasteiger partial charge in [-0.3, -0.25) is 0 Å². The van der Waals surface area contributed by atoms with E-state index in [1.807, 2.05) is 31.2 Å². The summed E-state index contributed by atoms with van der Waals surface area (Å²) in [5, 5.41) is 3.45. The van der Waals surface area contributed by atoms with Crippen LogP contribution >= 0.6 is 0 Å². The van der Waals surface area contributed by atoms with Gasteiger partial charge < -0.3 is 14.8 Å². The quantitative estimate of drug-likeness (QED) is 0.742. The average molecular weight is 263 g/mol. The molecule has 1 aliphatic carbocycles. The van der Waals surface area contributed by atoms with Gasteiger partial charge in [0.05, 0.1) is 13.2 Å². The molecule has 19 heavy (non-hydrogen) atoms. The van der Waals surface area contributed by atoms with Gasteiger partial charge in [0, 0.05) is 6.54 Å². The first kappa shape index (κ1) is 14.2. The molecule has 3 nitrogen and oxygen atoms in total. The highest BCUT2D eigenvalue weighted by atomic mass is 16.5.